The van der Waals surface area contributed by atoms with E-state index in [9.17, 15) is 10.2 Å². The number of benzene rings is 1. The van der Waals surface area contributed by atoms with E-state index in [1.165, 1.54) is 17.5 Å². The molecule has 3 heteroatoms. The highest BCUT2D eigenvalue weighted by Gasteiger charge is 2.25. The minimum Gasteiger partial charge on any atom is -0.394 e. The molecule has 0 bridgehead atoms. The molecule has 0 spiro atoms. The van der Waals surface area contributed by atoms with E-state index >= 15 is 0 Å². The van der Waals surface area contributed by atoms with Crippen LogP contribution in [0.25, 0.3) is 0 Å². The van der Waals surface area contributed by atoms with Gasteiger partial charge in [-0.25, -0.2) is 0 Å². The lowest BCUT2D eigenvalue weighted by molar-refractivity contribution is 0.0990. The minimum absolute atomic E-state index is 0.0498. The number of nitrogens with one attached hydrogen (secondary N) is 1. The number of rotatable bonds is 5. The SMILES string of the molecule is CC(NC(C)(C)CO)C(O)c1ccc2c(c1)CCC2. The summed E-state index contributed by atoms with van der Waals surface area (Å²) in [6.07, 6.45) is 2.97. The molecular weight excluding hydrogens is 238 g/mol. The van der Waals surface area contributed by atoms with Crippen LogP contribution in [0.5, 0.6) is 0 Å². The first-order chi connectivity index (χ1) is 8.93. The second kappa shape index (κ2) is 5.61. The van der Waals surface area contributed by atoms with E-state index in [1.807, 2.05) is 26.8 Å². The average molecular weight is 263 g/mol. The van der Waals surface area contributed by atoms with Gasteiger partial charge in [0.1, 0.15) is 0 Å². The van der Waals surface area contributed by atoms with Gasteiger partial charge >= 0.3 is 0 Å². The molecule has 1 aromatic rings. The van der Waals surface area contributed by atoms with Crippen molar-refractivity contribution in [2.45, 2.75) is 57.7 Å². The molecule has 1 aliphatic rings. The Labute approximate surface area is 115 Å². The smallest absolute Gasteiger partial charge is 0.0940 e. The van der Waals surface area contributed by atoms with Gasteiger partial charge in [0.25, 0.3) is 0 Å². The predicted octanol–water partition coefficient (Wildman–Crippen LogP) is 1.96. The first-order valence-corrected chi connectivity index (χ1v) is 7.11. The fraction of sp³-hybridized carbons (Fsp3) is 0.625. The van der Waals surface area contributed by atoms with Crippen molar-refractivity contribution >= 4 is 0 Å². The Hall–Kier alpha value is -0.900. The van der Waals surface area contributed by atoms with Crippen LogP contribution in [0, 0.1) is 0 Å². The molecule has 0 fully saturated rings. The van der Waals surface area contributed by atoms with Crippen LogP contribution in [0.15, 0.2) is 18.2 Å². The van der Waals surface area contributed by atoms with Crippen LogP contribution in [0.1, 0.15) is 50.0 Å². The Bertz CT molecular complexity index is 442. The average Bonchev–Trinajstić information content (AvgIpc) is 2.84. The van der Waals surface area contributed by atoms with E-state index in [4.69, 9.17) is 0 Å². The second-order valence-corrected chi connectivity index (χ2v) is 6.30. The minimum atomic E-state index is -0.545. The highest BCUT2D eigenvalue weighted by atomic mass is 16.3. The molecule has 3 nitrogen and oxygen atoms in total. The molecule has 2 atom stereocenters. The normalized spacial score (nSPS) is 18.2. The molecule has 0 radical (unpaired) electrons. The van der Waals surface area contributed by atoms with E-state index < -0.39 is 6.10 Å². The van der Waals surface area contributed by atoms with Gasteiger partial charge in [0.15, 0.2) is 0 Å². The molecule has 3 N–H and O–H groups in total. The molecular formula is C16H25NO2. The van der Waals surface area contributed by atoms with E-state index in [0.717, 1.165) is 18.4 Å². The molecule has 1 aromatic carbocycles. The van der Waals surface area contributed by atoms with Crippen LogP contribution < -0.4 is 5.32 Å². The number of aliphatic hydroxyl groups excluding tert-OH is 2. The van der Waals surface area contributed by atoms with E-state index in [1.54, 1.807) is 0 Å². The molecule has 0 heterocycles. The number of aryl methyl sites for hydroxylation is 2. The molecule has 106 valence electrons. The van der Waals surface area contributed by atoms with Crippen LogP contribution in [-0.2, 0) is 12.8 Å². The Kier molecular flexibility index (Phi) is 4.29. The maximum absolute atomic E-state index is 10.4. The Morgan fingerprint density at radius 1 is 1.26 bits per heavy atom. The van der Waals surface area contributed by atoms with Crippen LogP contribution in [0.4, 0.5) is 0 Å². The number of hydrogen-bond acceptors (Lipinski definition) is 3. The third kappa shape index (κ3) is 3.35. The zero-order valence-corrected chi connectivity index (χ0v) is 12.1. The summed E-state index contributed by atoms with van der Waals surface area (Å²) in [5.74, 6) is 0. The first kappa shape index (κ1) is 14.5. The fourth-order valence-corrected chi connectivity index (χ4v) is 2.81. The van der Waals surface area contributed by atoms with E-state index in [2.05, 4.69) is 17.4 Å². The van der Waals surface area contributed by atoms with E-state index in [-0.39, 0.29) is 18.2 Å². The van der Waals surface area contributed by atoms with Crippen molar-refractivity contribution in [3.05, 3.63) is 34.9 Å². The van der Waals surface area contributed by atoms with Crippen LogP contribution in [0.3, 0.4) is 0 Å². The molecule has 0 aromatic heterocycles. The predicted molar refractivity (Wildman–Crippen MR) is 77.2 cm³/mol. The third-order valence-corrected chi connectivity index (χ3v) is 3.95. The van der Waals surface area contributed by atoms with Crippen molar-refractivity contribution in [2.24, 2.45) is 0 Å². The zero-order valence-electron chi connectivity index (χ0n) is 12.1. The fourth-order valence-electron chi connectivity index (χ4n) is 2.81. The lowest BCUT2D eigenvalue weighted by Gasteiger charge is -2.31. The summed E-state index contributed by atoms with van der Waals surface area (Å²) in [6.45, 7) is 5.86. The molecule has 2 rings (SSSR count). The summed E-state index contributed by atoms with van der Waals surface area (Å²) in [5.41, 5.74) is 3.39. The lowest BCUT2D eigenvalue weighted by atomic mass is 9.97. The molecule has 0 amide bonds. The molecule has 0 saturated carbocycles. The maximum Gasteiger partial charge on any atom is 0.0940 e. The van der Waals surface area contributed by atoms with Gasteiger partial charge in [-0.05, 0) is 56.7 Å². The highest BCUT2D eigenvalue weighted by Crippen LogP contribution is 2.27. The van der Waals surface area contributed by atoms with Gasteiger partial charge in [-0.2, -0.15) is 0 Å². The lowest BCUT2D eigenvalue weighted by Crippen LogP contribution is -2.49. The molecule has 0 aliphatic heterocycles. The standard InChI is InChI=1S/C16H25NO2/c1-11(17-16(2,3)10-18)15(19)14-8-7-12-5-4-6-13(12)9-14/h7-9,11,15,17-19H,4-6,10H2,1-3H3. The van der Waals surface area contributed by atoms with Crippen molar-refractivity contribution < 1.29 is 10.2 Å². The number of hydrogen-bond donors (Lipinski definition) is 3. The van der Waals surface area contributed by atoms with Crippen molar-refractivity contribution in [3.63, 3.8) is 0 Å². The van der Waals surface area contributed by atoms with Crippen molar-refractivity contribution in [2.75, 3.05) is 6.61 Å². The van der Waals surface area contributed by atoms with Gasteiger partial charge in [0, 0.05) is 11.6 Å². The summed E-state index contributed by atoms with van der Waals surface area (Å²) in [4.78, 5) is 0. The monoisotopic (exact) mass is 263 g/mol. The number of aliphatic hydroxyl groups is 2. The van der Waals surface area contributed by atoms with E-state index in [0.29, 0.717) is 0 Å². The summed E-state index contributed by atoms with van der Waals surface area (Å²) in [5, 5.41) is 23.0. The van der Waals surface area contributed by atoms with Gasteiger partial charge in [-0.15, -0.1) is 0 Å². The Morgan fingerprint density at radius 3 is 2.63 bits per heavy atom. The maximum atomic E-state index is 10.4. The first-order valence-electron chi connectivity index (χ1n) is 7.11. The Balaban J connectivity index is 2.09. The van der Waals surface area contributed by atoms with Gasteiger partial charge in [-0.1, -0.05) is 18.2 Å². The van der Waals surface area contributed by atoms with Crippen molar-refractivity contribution in [3.8, 4) is 0 Å². The summed E-state index contributed by atoms with van der Waals surface area (Å²) in [6, 6.07) is 6.21. The summed E-state index contributed by atoms with van der Waals surface area (Å²) < 4.78 is 0. The third-order valence-electron chi connectivity index (χ3n) is 3.95. The molecule has 19 heavy (non-hydrogen) atoms. The summed E-state index contributed by atoms with van der Waals surface area (Å²) >= 11 is 0. The van der Waals surface area contributed by atoms with Crippen LogP contribution in [0.2, 0.25) is 0 Å². The van der Waals surface area contributed by atoms with Gasteiger partial charge in [-0.3, -0.25) is 0 Å². The van der Waals surface area contributed by atoms with Gasteiger partial charge in [0.05, 0.1) is 12.7 Å². The van der Waals surface area contributed by atoms with Crippen LogP contribution >= 0.6 is 0 Å². The van der Waals surface area contributed by atoms with Gasteiger partial charge in [0.2, 0.25) is 0 Å². The topological polar surface area (TPSA) is 52.5 Å². The molecule has 0 saturated heterocycles. The van der Waals surface area contributed by atoms with Crippen molar-refractivity contribution in [1.29, 1.82) is 0 Å². The van der Waals surface area contributed by atoms with Gasteiger partial charge < -0.3 is 15.5 Å². The zero-order chi connectivity index (χ0) is 14.0. The largest absolute Gasteiger partial charge is 0.394 e. The molecule has 2 unspecified atom stereocenters. The Morgan fingerprint density at radius 2 is 1.95 bits per heavy atom. The summed E-state index contributed by atoms with van der Waals surface area (Å²) in [7, 11) is 0. The second-order valence-electron chi connectivity index (χ2n) is 6.30. The van der Waals surface area contributed by atoms with Crippen LogP contribution in [-0.4, -0.2) is 28.4 Å². The molecule has 1 aliphatic carbocycles. The number of fused-ring (bicyclic) bond motifs is 1. The quantitative estimate of drug-likeness (QED) is 0.761. The van der Waals surface area contributed by atoms with Crippen molar-refractivity contribution in [1.82, 2.24) is 5.32 Å². The highest BCUT2D eigenvalue weighted by molar-refractivity contribution is 5.36.